The van der Waals surface area contributed by atoms with Crippen molar-refractivity contribution in [3.8, 4) is 0 Å². The Balaban J connectivity index is 1.98. The van der Waals surface area contributed by atoms with Gasteiger partial charge in [0.05, 0.1) is 0 Å². The monoisotopic (exact) mass is 269 g/mol. The number of methoxy groups -OCH3 is 1. The minimum Gasteiger partial charge on any atom is -0.377 e. The molecule has 1 atom stereocenters. The number of hydrogen-bond donors (Lipinski definition) is 3. The molecule has 7 heteroatoms. The van der Waals surface area contributed by atoms with Gasteiger partial charge in [0.1, 0.15) is 18.2 Å². The molecule has 100 valence electrons. The summed E-state index contributed by atoms with van der Waals surface area (Å²) < 4.78 is 5.03. The van der Waals surface area contributed by atoms with Gasteiger partial charge in [-0.25, -0.2) is 15.8 Å². The molecule has 0 amide bonds. The Morgan fingerprint density at radius 3 is 3.00 bits per heavy atom. The van der Waals surface area contributed by atoms with Crippen LogP contribution in [-0.2, 0) is 11.3 Å². The highest BCUT2D eigenvalue weighted by Crippen LogP contribution is 2.26. The predicted molar refractivity (Wildman–Crippen MR) is 74.5 cm³/mol. The van der Waals surface area contributed by atoms with Gasteiger partial charge in [0.25, 0.3) is 0 Å². The summed E-state index contributed by atoms with van der Waals surface area (Å²) >= 11 is 2.02. The molecule has 6 nitrogen and oxygen atoms in total. The van der Waals surface area contributed by atoms with Gasteiger partial charge in [-0.15, -0.1) is 0 Å². The highest BCUT2D eigenvalue weighted by Gasteiger charge is 2.15. The zero-order valence-electron chi connectivity index (χ0n) is 10.5. The summed E-state index contributed by atoms with van der Waals surface area (Å²) in [6.45, 7) is 1.31. The molecule has 0 aliphatic carbocycles. The fourth-order valence-electron chi connectivity index (χ4n) is 1.88. The molecule has 0 spiro atoms. The van der Waals surface area contributed by atoms with Gasteiger partial charge in [-0.05, 0) is 18.6 Å². The number of hydrazine groups is 1. The first-order valence-corrected chi connectivity index (χ1v) is 7.05. The van der Waals surface area contributed by atoms with Crippen LogP contribution in [0.2, 0.25) is 0 Å². The van der Waals surface area contributed by atoms with Crippen LogP contribution in [0, 0.1) is 0 Å². The van der Waals surface area contributed by atoms with E-state index in [-0.39, 0.29) is 0 Å². The first kappa shape index (κ1) is 13.4. The molecule has 2 heterocycles. The standard InChI is InChI=1S/C11H19N5OS/c1-17-7-11-14-9(5-10(15-11)16-12)13-6-8-3-2-4-18-8/h5,8H,2-4,6-7,12H2,1H3,(H2,13,14,15,16). The van der Waals surface area contributed by atoms with Crippen LogP contribution >= 0.6 is 11.8 Å². The maximum Gasteiger partial charge on any atom is 0.158 e. The van der Waals surface area contributed by atoms with E-state index in [9.17, 15) is 0 Å². The van der Waals surface area contributed by atoms with Crippen molar-refractivity contribution in [1.82, 2.24) is 9.97 Å². The van der Waals surface area contributed by atoms with Gasteiger partial charge in [0, 0.05) is 25.0 Å². The van der Waals surface area contributed by atoms with Crippen LogP contribution in [-0.4, -0.2) is 34.6 Å². The van der Waals surface area contributed by atoms with Gasteiger partial charge in [-0.3, -0.25) is 0 Å². The molecular weight excluding hydrogens is 250 g/mol. The third-order valence-corrected chi connectivity index (χ3v) is 4.13. The molecule has 1 aliphatic rings. The zero-order chi connectivity index (χ0) is 12.8. The average molecular weight is 269 g/mol. The minimum absolute atomic E-state index is 0.377. The first-order chi connectivity index (χ1) is 8.81. The molecule has 1 aliphatic heterocycles. The molecular formula is C11H19N5OS. The number of rotatable bonds is 6. The summed E-state index contributed by atoms with van der Waals surface area (Å²) in [6, 6.07) is 1.80. The largest absolute Gasteiger partial charge is 0.377 e. The molecule has 0 radical (unpaired) electrons. The van der Waals surface area contributed by atoms with E-state index in [4.69, 9.17) is 10.6 Å². The highest BCUT2D eigenvalue weighted by molar-refractivity contribution is 8.00. The average Bonchev–Trinajstić information content (AvgIpc) is 2.89. The van der Waals surface area contributed by atoms with Crippen molar-refractivity contribution < 1.29 is 4.74 Å². The van der Waals surface area contributed by atoms with Gasteiger partial charge < -0.3 is 15.5 Å². The Hall–Kier alpha value is -1.05. The van der Waals surface area contributed by atoms with Crippen molar-refractivity contribution >= 4 is 23.4 Å². The second kappa shape index (κ2) is 6.77. The summed E-state index contributed by atoms with van der Waals surface area (Å²) in [7, 11) is 1.62. The van der Waals surface area contributed by atoms with Gasteiger partial charge in [-0.1, -0.05) is 0 Å². The van der Waals surface area contributed by atoms with Crippen LogP contribution in [0.5, 0.6) is 0 Å². The lowest BCUT2D eigenvalue weighted by Gasteiger charge is -2.12. The van der Waals surface area contributed by atoms with Crippen LogP contribution in [0.15, 0.2) is 6.07 Å². The maximum absolute atomic E-state index is 5.39. The number of nitrogen functional groups attached to an aromatic ring is 1. The normalized spacial score (nSPS) is 18.9. The molecule has 1 aromatic rings. The quantitative estimate of drug-likeness (QED) is 0.529. The van der Waals surface area contributed by atoms with Crippen LogP contribution in [0.4, 0.5) is 11.6 Å². The number of ether oxygens (including phenoxy) is 1. The minimum atomic E-state index is 0.377. The molecule has 1 unspecified atom stereocenters. The molecule has 0 bridgehead atoms. The number of nitrogens with one attached hydrogen (secondary N) is 2. The van der Waals surface area contributed by atoms with E-state index in [2.05, 4.69) is 20.7 Å². The van der Waals surface area contributed by atoms with Gasteiger partial charge in [0.2, 0.25) is 0 Å². The second-order valence-electron chi connectivity index (χ2n) is 4.15. The van der Waals surface area contributed by atoms with E-state index < -0.39 is 0 Å². The Bertz CT molecular complexity index is 384. The van der Waals surface area contributed by atoms with E-state index in [0.717, 1.165) is 12.4 Å². The van der Waals surface area contributed by atoms with Gasteiger partial charge >= 0.3 is 0 Å². The maximum atomic E-state index is 5.39. The summed E-state index contributed by atoms with van der Waals surface area (Å²) in [5.74, 6) is 8.66. The van der Waals surface area contributed by atoms with E-state index in [1.165, 1.54) is 18.6 Å². The Kier molecular flexibility index (Phi) is 5.03. The van der Waals surface area contributed by atoms with Crippen molar-refractivity contribution in [2.24, 2.45) is 5.84 Å². The smallest absolute Gasteiger partial charge is 0.158 e. The van der Waals surface area contributed by atoms with E-state index in [1.807, 2.05) is 11.8 Å². The van der Waals surface area contributed by atoms with Crippen molar-refractivity contribution in [3.63, 3.8) is 0 Å². The molecule has 18 heavy (non-hydrogen) atoms. The topological polar surface area (TPSA) is 85.1 Å². The molecule has 0 saturated carbocycles. The zero-order valence-corrected chi connectivity index (χ0v) is 11.3. The first-order valence-electron chi connectivity index (χ1n) is 6.01. The predicted octanol–water partition coefficient (Wildman–Crippen LogP) is 1.22. The van der Waals surface area contributed by atoms with Crippen molar-refractivity contribution in [3.05, 3.63) is 11.9 Å². The molecule has 1 aromatic heterocycles. The summed E-state index contributed by atoms with van der Waals surface area (Å²) in [6.07, 6.45) is 2.58. The molecule has 2 rings (SSSR count). The molecule has 1 fully saturated rings. The lowest BCUT2D eigenvalue weighted by atomic mass is 10.2. The number of nitrogens with two attached hydrogens (primary N) is 1. The van der Waals surface area contributed by atoms with Crippen LogP contribution in [0.25, 0.3) is 0 Å². The number of nitrogens with zero attached hydrogens (tertiary/aromatic N) is 2. The van der Waals surface area contributed by atoms with Crippen molar-refractivity contribution in [2.75, 3.05) is 30.1 Å². The molecule has 4 N–H and O–H groups in total. The SMILES string of the molecule is COCc1nc(NN)cc(NCC2CCCS2)n1. The Labute approximate surface area is 111 Å². The van der Waals surface area contributed by atoms with E-state index >= 15 is 0 Å². The Morgan fingerprint density at radius 1 is 1.50 bits per heavy atom. The fourth-order valence-corrected chi connectivity index (χ4v) is 3.08. The lowest BCUT2D eigenvalue weighted by Crippen LogP contribution is -2.17. The second-order valence-corrected chi connectivity index (χ2v) is 5.56. The number of aromatic nitrogens is 2. The number of hydrogen-bond acceptors (Lipinski definition) is 7. The Morgan fingerprint density at radius 2 is 2.33 bits per heavy atom. The van der Waals surface area contributed by atoms with Gasteiger partial charge in [0.15, 0.2) is 5.82 Å². The third-order valence-electron chi connectivity index (χ3n) is 2.73. The summed E-state index contributed by atoms with van der Waals surface area (Å²) in [4.78, 5) is 8.58. The molecule has 1 saturated heterocycles. The lowest BCUT2D eigenvalue weighted by molar-refractivity contribution is 0.178. The summed E-state index contributed by atoms with van der Waals surface area (Å²) in [5, 5.41) is 4.02. The summed E-state index contributed by atoms with van der Waals surface area (Å²) in [5.41, 5.74) is 2.54. The number of thioether (sulfide) groups is 1. The van der Waals surface area contributed by atoms with Crippen molar-refractivity contribution in [1.29, 1.82) is 0 Å². The van der Waals surface area contributed by atoms with Crippen molar-refractivity contribution in [2.45, 2.75) is 24.7 Å². The fraction of sp³-hybridized carbons (Fsp3) is 0.636. The van der Waals surface area contributed by atoms with Crippen LogP contribution in [0.1, 0.15) is 18.7 Å². The highest BCUT2D eigenvalue weighted by atomic mass is 32.2. The molecule has 0 aromatic carbocycles. The van der Waals surface area contributed by atoms with E-state index in [0.29, 0.717) is 23.5 Å². The van der Waals surface area contributed by atoms with Gasteiger partial charge in [-0.2, -0.15) is 11.8 Å². The van der Waals surface area contributed by atoms with Crippen LogP contribution < -0.4 is 16.6 Å². The van der Waals surface area contributed by atoms with E-state index in [1.54, 1.807) is 13.2 Å². The third kappa shape index (κ3) is 3.72. The van der Waals surface area contributed by atoms with Crippen LogP contribution in [0.3, 0.4) is 0 Å². The number of anilines is 2.